The van der Waals surface area contributed by atoms with Crippen molar-refractivity contribution in [3.05, 3.63) is 58.9 Å². The number of ether oxygens (including phenoxy) is 1. The first-order valence-corrected chi connectivity index (χ1v) is 10.6. The number of hydrogen-bond acceptors (Lipinski definition) is 4. The van der Waals surface area contributed by atoms with Crippen molar-refractivity contribution in [2.75, 3.05) is 0 Å². The molecule has 0 unspecified atom stereocenters. The summed E-state index contributed by atoms with van der Waals surface area (Å²) in [5.74, 6) is -0.673. The minimum Gasteiger partial charge on any atom is -0.406 e. The third-order valence-corrected chi connectivity index (χ3v) is 5.81. The monoisotopic (exact) mass is 467 g/mol. The normalized spacial score (nSPS) is 19.2. The molecule has 32 heavy (non-hydrogen) atoms. The molecule has 0 spiro atoms. The van der Waals surface area contributed by atoms with Gasteiger partial charge in [0.15, 0.2) is 0 Å². The summed E-state index contributed by atoms with van der Waals surface area (Å²) in [7, 11) is 0. The van der Waals surface area contributed by atoms with E-state index in [0.717, 1.165) is 12.8 Å². The molecule has 3 aromatic rings. The number of halogens is 4. The van der Waals surface area contributed by atoms with E-state index in [-0.39, 0.29) is 24.2 Å². The Morgan fingerprint density at radius 1 is 1.22 bits per heavy atom. The first kappa shape index (κ1) is 22.4. The van der Waals surface area contributed by atoms with E-state index in [1.807, 2.05) is 0 Å². The molecule has 2 aromatic heterocycles. The molecule has 2 atom stereocenters. The van der Waals surface area contributed by atoms with E-state index in [2.05, 4.69) is 15.0 Å². The van der Waals surface area contributed by atoms with Gasteiger partial charge in [0.05, 0.1) is 28.2 Å². The fourth-order valence-electron chi connectivity index (χ4n) is 3.99. The van der Waals surface area contributed by atoms with Gasteiger partial charge in [0.25, 0.3) is 5.91 Å². The van der Waals surface area contributed by atoms with Crippen LogP contribution in [0.4, 0.5) is 13.2 Å². The predicted molar refractivity (Wildman–Crippen MR) is 113 cm³/mol. The summed E-state index contributed by atoms with van der Waals surface area (Å²) in [5, 5.41) is 13.5. The van der Waals surface area contributed by atoms with Crippen molar-refractivity contribution < 1.29 is 27.8 Å². The summed E-state index contributed by atoms with van der Waals surface area (Å²) in [4.78, 5) is 17.3. The number of nitrogens with one attached hydrogen (secondary N) is 1. The summed E-state index contributed by atoms with van der Waals surface area (Å²) in [6.45, 7) is 0.257. The van der Waals surface area contributed by atoms with E-state index in [4.69, 9.17) is 11.6 Å². The molecular formula is C22H21ClF3N3O3. The van der Waals surface area contributed by atoms with Crippen LogP contribution >= 0.6 is 11.6 Å². The van der Waals surface area contributed by atoms with Gasteiger partial charge in [-0.1, -0.05) is 36.6 Å². The number of nitrogens with zero attached hydrogens (tertiary/aromatic N) is 2. The fourth-order valence-corrected chi connectivity index (χ4v) is 4.25. The number of benzene rings is 1. The number of aliphatic hydroxyl groups excluding tert-OH is 1. The molecule has 0 bridgehead atoms. The highest BCUT2D eigenvalue weighted by atomic mass is 35.5. The van der Waals surface area contributed by atoms with Crippen molar-refractivity contribution in [2.45, 2.75) is 50.7 Å². The number of hydrogen-bond donors (Lipinski definition) is 2. The van der Waals surface area contributed by atoms with Gasteiger partial charge in [-0.25, -0.2) is 0 Å². The maximum Gasteiger partial charge on any atom is 0.573 e. The van der Waals surface area contributed by atoms with Crippen LogP contribution in [0.15, 0.2) is 42.7 Å². The number of amides is 1. The van der Waals surface area contributed by atoms with Crippen LogP contribution in [0, 0.1) is 0 Å². The molecule has 10 heteroatoms. The summed E-state index contributed by atoms with van der Waals surface area (Å²) >= 11 is 6.38. The molecule has 1 amide bonds. The van der Waals surface area contributed by atoms with Crippen LogP contribution in [0.2, 0.25) is 5.02 Å². The minimum atomic E-state index is -4.76. The van der Waals surface area contributed by atoms with Crippen LogP contribution in [0.1, 0.15) is 41.6 Å². The zero-order valence-electron chi connectivity index (χ0n) is 16.9. The molecule has 1 aromatic carbocycles. The summed E-state index contributed by atoms with van der Waals surface area (Å²) < 4.78 is 42.8. The third-order valence-electron chi connectivity index (χ3n) is 5.50. The molecule has 4 rings (SSSR count). The van der Waals surface area contributed by atoms with Gasteiger partial charge in [0, 0.05) is 18.9 Å². The number of aromatic nitrogens is 2. The first-order chi connectivity index (χ1) is 15.2. The zero-order valence-corrected chi connectivity index (χ0v) is 17.7. The van der Waals surface area contributed by atoms with E-state index < -0.39 is 12.5 Å². The van der Waals surface area contributed by atoms with Gasteiger partial charge in [-0.2, -0.15) is 0 Å². The Morgan fingerprint density at radius 2 is 1.94 bits per heavy atom. The molecule has 2 N–H and O–H groups in total. The van der Waals surface area contributed by atoms with E-state index in [1.165, 1.54) is 30.5 Å². The Morgan fingerprint density at radius 3 is 2.62 bits per heavy atom. The van der Waals surface area contributed by atoms with Crippen LogP contribution in [0.5, 0.6) is 5.75 Å². The van der Waals surface area contributed by atoms with Crippen molar-refractivity contribution in [3.63, 3.8) is 0 Å². The van der Waals surface area contributed by atoms with Gasteiger partial charge in [-0.05, 0) is 36.6 Å². The predicted octanol–water partition coefficient (Wildman–Crippen LogP) is 4.67. The zero-order chi connectivity index (χ0) is 22.9. The summed E-state index contributed by atoms with van der Waals surface area (Å²) in [5.41, 5.74) is 1.96. The Labute approximate surface area is 187 Å². The quantitative estimate of drug-likeness (QED) is 0.571. The SMILES string of the molecule is O=C(N[C@H]1CCCC[C@@H]1O)c1cn(Cc2ccc(OC(F)(F)F)cc2)c2c(Cl)ccnc12. The van der Waals surface area contributed by atoms with Gasteiger partial charge < -0.3 is 19.7 Å². The second-order valence-electron chi connectivity index (χ2n) is 7.78. The largest absolute Gasteiger partial charge is 0.573 e. The fraction of sp³-hybridized carbons (Fsp3) is 0.364. The van der Waals surface area contributed by atoms with Crippen molar-refractivity contribution in [1.29, 1.82) is 0 Å². The second-order valence-corrected chi connectivity index (χ2v) is 8.19. The van der Waals surface area contributed by atoms with Crippen LogP contribution in [-0.4, -0.2) is 39.1 Å². The summed E-state index contributed by atoms with van der Waals surface area (Å²) in [6.07, 6.45) is 0.981. The second kappa shape index (κ2) is 8.99. The van der Waals surface area contributed by atoms with E-state index >= 15 is 0 Å². The van der Waals surface area contributed by atoms with Crippen molar-refractivity contribution in [2.24, 2.45) is 0 Å². The van der Waals surface area contributed by atoms with Gasteiger partial charge in [-0.3, -0.25) is 9.78 Å². The molecule has 6 nitrogen and oxygen atoms in total. The third kappa shape index (κ3) is 4.99. The Bertz CT molecular complexity index is 1120. The molecule has 0 radical (unpaired) electrons. The Balaban J connectivity index is 1.60. The molecule has 2 heterocycles. The van der Waals surface area contributed by atoms with Crippen molar-refractivity contribution in [1.82, 2.24) is 14.9 Å². The van der Waals surface area contributed by atoms with Crippen molar-refractivity contribution in [3.8, 4) is 5.75 Å². The lowest BCUT2D eigenvalue weighted by atomic mass is 9.92. The van der Waals surface area contributed by atoms with Crippen LogP contribution in [-0.2, 0) is 6.54 Å². The van der Waals surface area contributed by atoms with Gasteiger partial charge in [0.1, 0.15) is 11.3 Å². The highest BCUT2D eigenvalue weighted by Crippen LogP contribution is 2.29. The number of aliphatic hydroxyl groups is 1. The number of rotatable bonds is 5. The molecular weight excluding hydrogens is 447 g/mol. The highest BCUT2D eigenvalue weighted by molar-refractivity contribution is 6.35. The standard InChI is InChI=1S/C22H21ClF3N3O3/c23-16-9-10-27-19-15(21(31)28-17-3-1-2-4-18(17)30)12-29(20(16)19)11-13-5-7-14(8-6-13)32-22(24,25)26/h5-10,12,17-18,30H,1-4,11H2,(H,28,31)/t17-,18-/m0/s1. The number of carbonyl (C=O) groups is 1. The lowest BCUT2D eigenvalue weighted by Crippen LogP contribution is -2.45. The van der Waals surface area contributed by atoms with Gasteiger partial charge >= 0.3 is 6.36 Å². The Kier molecular flexibility index (Phi) is 6.30. The van der Waals surface area contributed by atoms with Crippen LogP contribution < -0.4 is 10.1 Å². The van der Waals surface area contributed by atoms with E-state index in [0.29, 0.717) is 40.0 Å². The maximum absolute atomic E-state index is 13.0. The topological polar surface area (TPSA) is 76.4 Å². The number of carbonyl (C=O) groups excluding carboxylic acids is 1. The van der Waals surface area contributed by atoms with Crippen molar-refractivity contribution >= 4 is 28.5 Å². The molecule has 0 saturated heterocycles. The summed E-state index contributed by atoms with van der Waals surface area (Å²) in [6, 6.07) is 6.76. The highest BCUT2D eigenvalue weighted by Gasteiger charge is 2.31. The maximum atomic E-state index is 13.0. The molecule has 1 aliphatic rings. The minimum absolute atomic E-state index is 0.257. The molecule has 1 saturated carbocycles. The molecule has 0 aliphatic heterocycles. The number of alkyl halides is 3. The van der Waals surface area contributed by atoms with E-state index in [9.17, 15) is 23.1 Å². The van der Waals surface area contributed by atoms with Gasteiger partial charge in [0.2, 0.25) is 0 Å². The van der Waals surface area contributed by atoms with E-state index in [1.54, 1.807) is 16.8 Å². The number of fused-ring (bicyclic) bond motifs is 1. The average Bonchev–Trinajstić information content (AvgIpc) is 3.10. The lowest BCUT2D eigenvalue weighted by Gasteiger charge is -2.28. The Hall–Kier alpha value is -2.78. The lowest BCUT2D eigenvalue weighted by molar-refractivity contribution is -0.274. The molecule has 1 aliphatic carbocycles. The first-order valence-electron chi connectivity index (χ1n) is 10.2. The average molecular weight is 468 g/mol. The number of pyridine rings is 1. The van der Waals surface area contributed by atoms with Crippen LogP contribution in [0.25, 0.3) is 11.0 Å². The molecule has 170 valence electrons. The van der Waals surface area contributed by atoms with Crippen LogP contribution in [0.3, 0.4) is 0 Å². The molecule has 1 fully saturated rings. The van der Waals surface area contributed by atoms with Gasteiger partial charge in [-0.15, -0.1) is 13.2 Å². The smallest absolute Gasteiger partial charge is 0.406 e.